The van der Waals surface area contributed by atoms with Gasteiger partial charge in [0, 0.05) is 24.5 Å². The second-order valence-corrected chi connectivity index (χ2v) is 4.78. The van der Waals surface area contributed by atoms with Crippen LogP contribution < -0.4 is 4.74 Å². The highest BCUT2D eigenvalue weighted by molar-refractivity contribution is 6.18. The van der Waals surface area contributed by atoms with E-state index in [9.17, 15) is 18.0 Å². The van der Waals surface area contributed by atoms with E-state index in [1.54, 1.807) is 4.90 Å². The van der Waals surface area contributed by atoms with Crippen molar-refractivity contribution >= 4 is 17.5 Å². The molecule has 21 heavy (non-hydrogen) atoms. The van der Waals surface area contributed by atoms with E-state index in [-0.39, 0.29) is 11.7 Å². The van der Waals surface area contributed by atoms with Gasteiger partial charge in [-0.25, -0.2) is 0 Å². The van der Waals surface area contributed by atoms with E-state index in [1.165, 1.54) is 12.1 Å². The van der Waals surface area contributed by atoms with Gasteiger partial charge in [-0.2, -0.15) is 0 Å². The quantitative estimate of drug-likeness (QED) is 0.708. The number of amides is 1. The standard InChI is InChI=1S/C14H17ClF3NO2/c1-2-3-9-19(10-8-15)13(20)11-4-6-12(7-5-11)21-14(16,17)18/h4-7H,2-3,8-10H2,1H3. The first-order valence-electron chi connectivity index (χ1n) is 6.58. The highest BCUT2D eigenvalue weighted by atomic mass is 35.5. The minimum atomic E-state index is -4.74. The summed E-state index contributed by atoms with van der Waals surface area (Å²) in [7, 11) is 0. The number of carbonyl (C=O) groups is 1. The number of benzene rings is 1. The Balaban J connectivity index is 2.76. The predicted molar refractivity (Wildman–Crippen MR) is 74.7 cm³/mol. The van der Waals surface area contributed by atoms with Crippen molar-refractivity contribution in [3.8, 4) is 5.75 Å². The molecule has 0 saturated carbocycles. The fraction of sp³-hybridized carbons (Fsp3) is 0.500. The van der Waals surface area contributed by atoms with Gasteiger partial charge in [-0.1, -0.05) is 13.3 Å². The molecule has 0 aliphatic heterocycles. The summed E-state index contributed by atoms with van der Waals surface area (Å²) in [4.78, 5) is 13.8. The van der Waals surface area contributed by atoms with E-state index in [4.69, 9.17) is 11.6 Å². The molecular formula is C14H17ClF3NO2. The lowest BCUT2D eigenvalue weighted by Gasteiger charge is -2.21. The van der Waals surface area contributed by atoms with Crippen molar-refractivity contribution in [3.05, 3.63) is 29.8 Å². The number of alkyl halides is 4. The Morgan fingerprint density at radius 1 is 1.24 bits per heavy atom. The van der Waals surface area contributed by atoms with Crippen LogP contribution in [-0.4, -0.2) is 36.1 Å². The molecular weight excluding hydrogens is 307 g/mol. The predicted octanol–water partition coefficient (Wildman–Crippen LogP) is 4.07. The van der Waals surface area contributed by atoms with Gasteiger partial charge in [-0.05, 0) is 30.7 Å². The van der Waals surface area contributed by atoms with E-state index in [2.05, 4.69) is 4.74 Å². The number of halogens is 4. The van der Waals surface area contributed by atoms with Crippen LogP contribution in [0.2, 0.25) is 0 Å². The average Bonchev–Trinajstić information content (AvgIpc) is 2.42. The second-order valence-electron chi connectivity index (χ2n) is 4.41. The van der Waals surface area contributed by atoms with Gasteiger partial charge in [-0.15, -0.1) is 24.8 Å². The molecule has 0 heterocycles. The number of hydrogen-bond donors (Lipinski definition) is 0. The van der Waals surface area contributed by atoms with Crippen molar-refractivity contribution in [1.82, 2.24) is 4.90 Å². The maximum absolute atomic E-state index is 12.2. The van der Waals surface area contributed by atoms with E-state index < -0.39 is 6.36 Å². The third-order valence-corrected chi connectivity index (χ3v) is 2.93. The number of carbonyl (C=O) groups excluding carboxylic acids is 1. The fourth-order valence-corrected chi connectivity index (χ4v) is 1.95. The lowest BCUT2D eigenvalue weighted by molar-refractivity contribution is -0.274. The van der Waals surface area contributed by atoms with Gasteiger partial charge in [0.2, 0.25) is 0 Å². The third-order valence-electron chi connectivity index (χ3n) is 2.76. The van der Waals surface area contributed by atoms with Gasteiger partial charge >= 0.3 is 6.36 Å². The summed E-state index contributed by atoms with van der Waals surface area (Å²) in [5, 5.41) is 0. The van der Waals surface area contributed by atoms with Crippen LogP contribution in [0, 0.1) is 0 Å². The molecule has 1 amide bonds. The Morgan fingerprint density at radius 3 is 2.33 bits per heavy atom. The average molecular weight is 324 g/mol. The van der Waals surface area contributed by atoms with Gasteiger partial charge in [-0.3, -0.25) is 4.79 Å². The summed E-state index contributed by atoms with van der Waals surface area (Å²) in [6, 6.07) is 4.88. The van der Waals surface area contributed by atoms with Crippen molar-refractivity contribution in [2.24, 2.45) is 0 Å². The molecule has 1 aromatic carbocycles. The van der Waals surface area contributed by atoms with Gasteiger partial charge < -0.3 is 9.64 Å². The molecule has 0 bridgehead atoms. The molecule has 0 aromatic heterocycles. The number of rotatable bonds is 7. The molecule has 1 rings (SSSR count). The molecule has 0 fully saturated rings. The molecule has 0 spiro atoms. The molecule has 0 unspecified atom stereocenters. The van der Waals surface area contributed by atoms with E-state index in [1.807, 2.05) is 6.92 Å². The molecule has 0 aliphatic rings. The van der Waals surface area contributed by atoms with Crippen molar-refractivity contribution in [1.29, 1.82) is 0 Å². The SMILES string of the molecule is CCCCN(CCCl)C(=O)c1ccc(OC(F)(F)F)cc1. The third kappa shape index (κ3) is 6.25. The van der Waals surface area contributed by atoms with Crippen LogP contribution in [0.4, 0.5) is 13.2 Å². The number of hydrogen-bond acceptors (Lipinski definition) is 2. The van der Waals surface area contributed by atoms with Crippen LogP contribution >= 0.6 is 11.6 Å². The molecule has 118 valence electrons. The van der Waals surface area contributed by atoms with Crippen LogP contribution in [-0.2, 0) is 0 Å². The topological polar surface area (TPSA) is 29.5 Å². The minimum absolute atomic E-state index is 0.248. The number of unbranched alkanes of at least 4 members (excludes halogenated alkanes) is 1. The molecule has 0 radical (unpaired) electrons. The van der Waals surface area contributed by atoms with Crippen LogP contribution in [0.1, 0.15) is 30.1 Å². The Hall–Kier alpha value is -1.43. The lowest BCUT2D eigenvalue weighted by atomic mass is 10.2. The van der Waals surface area contributed by atoms with Crippen molar-refractivity contribution in [3.63, 3.8) is 0 Å². The van der Waals surface area contributed by atoms with Crippen LogP contribution in [0.3, 0.4) is 0 Å². The minimum Gasteiger partial charge on any atom is -0.406 e. The maximum atomic E-state index is 12.2. The molecule has 0 atom stereocenters. The van der Waals surface area contributed by atoms with E-state index >= 15 is 0 Å². The Morgan fingerprint density at radius 2 is 1.86 bits per heavy atom. The van der Waals surface area contributed by atoms with Crippen LogP contribution in [0.15, 0.2) is 24.3 Å². The van der Waals surface area contributed by atoms with Crippen molar-refractivity contribution in [2.45, 2.75) is 26.1 Å². The summed E-state index contributed by atoms with van der Waals surface area (Å²) in [6.45, 7) is 2.98. The maximum Gasteiger partial charge on any atom is 0.573 e. The van der Waals surface area contributed by atoms with Gasteiger partial charge in [0.1, 0.15) is 5.75 Å². The summed E-state index contributed by atoms with van der Waals surface area (Å²) in [6.07, 6.45) is -2.96. The van der Waals surface area contributed by atoms with E-state index in [0.29, 0.717) is 24.5 Å². The van der Waals surface area contributed by atoms with Gasteiger partial charge in [0.25, 0.3) is 5.91 Å². The number of nitrogens with zero attached hydrogens (tertiary/aromatic N) is 1. The molecule has 0 aliphatic carbocycles. The van der Waals surface area contributed by atoms with Crippen LogP contribution in [0.25, 0.3) is 0 Å². The zero-order valence-corrected chi connectivity index (χ0v) is 12.4. The molecule has 0 N–H and O–H groups in total. The van der Waals surface area contributed by atoms with Gasteiger partial charge in [0.15, 0.2) is 0 Å². The Bertz CT molecular complexity index is 449. The highest BCUT2D eigenvalue weighted by Crippen LogP contribution is 2.23. The van der Waals surface area contributed by atoms with Gasteiger partial charge in [0.05, 0.1) is 0 Å². The van der Waals surface area contributed by atoms with Crippen molar-refractivity contribution < 1.29 is 22.7 Å². The zero-order chi connectivity index (χ0) is 15.9. The Labute approximate surface area is 126 Å². The second kappa shape index (κ2) is 8.12. The van der Waals surface area contributed by atoms with Crippen molar-refractivity contribution in [2.75, 3.05) is 19.0 Å². The first kappa shape index (κ1) is 17.6. The summed E-state index contributed by atoms with van der Waals surface area (Å²) in [5.74, 6) is -0.288. The normalized spacial score (nSPS) is 11.3. The Kier molecular flexibility index (Phi) is 6.81. The highest BCUT2D eigenvalue weighted by Gasteiger charge is 2.31. The largest absolute Gasteiger partial charge is 0.573 e. The summed E-state index contributed by atoms with van der Waals surface area (Å²) >= 11 is 5.67. The molecule has 3 nitrogen and oxygen atoms in total. The molecule has 1 aromatic rings. The fourth-order valence-electron chi connectivity index (χ4n) is 1.75. The molecule has 0 saturated heterocycles. The first-order valence-corrected chi connectivity index (χ1v) is 7.12. The monoisotopic (exact) mass is 323 g/mol. The molecule has 7 heteroatoms. The summed E-state index contributed by atoms with van der Waals surface area (Å²) < 4.78 is 39.9. The first-order chi connectivity index (χ1) is 9.87. The smallest absolute Gasteiger partial charge is 0.406 e. The zero-order valence-electron chi connectivity index (χ0n) is 11.6. The number of ether oxygens (including phenoxy) is 1. The van der Waals surface area contributed by atoms with E-state index in [0.717, 1.165) is 25.0 Å². The van der Waals surface area contributed by atoms with Crippen LogP contribution in [0.5, 0.6) is 5.75 Å². The lowest BCUT2D eigenvalue weighted by Crippen LogP contribution is -2.33. The summed E-state index contributed by atoms with van der Waals surface area (Å²) in [5.41, 5.74) is 0.311.